The first-order valence-corrected chi connectivity index (χ1v) is 10.5. The zero-order valence-electron chi connectivity index (χ0n) is 16.3. The number of ether oxygens (including phenoxy) is 1. The maximum absolute atomic E-state index is 13.3. The molecule has 2 aliphatic heterocycles. The molecule has 3 atom stereocenters. The third-order valence-electron chi connectivity index (χ3n) is 5.84. The third-order valence-corrected chi connectivity index (χ3v) is 6.09. The minimum absolute atomic E-state index is 0.0336. The van der Waals surface area contributed by atoms with E-state index in [0.29, 0.717) is 24.7 Å². The largest absolute Gasteiger partial charge is 0.481 e. The molecule has 7 heteroatoms. The van der Waals surface area contributed by atoms with Crippen molar-refractivity contribution in [2.45, 2.75) is 44.7 Å². The number of benzene rings is 1. The second kappa shape index (κ2) is 9.72. The molecular formula is C21H29ClN2O4. The van der Waals surface area contributed by atoms with Gasteiger partial charge in [-0.3, -0.25) is 14.5 Å². The van der Waals surface area contributed by atoms with Gasteiger partial charge < -0.3 is 14.7 Å². The number of likely N-dealkylation sites (tertiary alicyclic amines) is 1. The van der Waals surface area contributed by atoms with Crippen molar-refractivity contribution in [3.05, 3.63) is 34.9 Å². The van der Waals surface area contributed by atoms with Crippen LogP contribution in [0.2, 0.25) is 5.02 Å². The van der Waals surface area contributed by atoms with Gasteiger partial charge in [-0.2, -0.15) is 0 Å². The Hall–Kier alpha value is -1.63. The van der Waals surface area contributed by atoms with Crippen LogP contribution in [0, 0.1) is 5.92 Å². The standard InChI is InChI=1S/C21H29ClN2O4/c1-2-18(14-23-9-11-28-12-10-23)24-19(15-3-6-17(22)7-4-15)8-5-16(21(24)27)13-20(25)26/h3-4,6-7,16,18-19H,2,5,8-14H2,1H3,(H,25,26)/t16-,18?,19?/m1/s1. The van der Waals surface area contributed by atoms with E-state index in [1.807, 2.05) is 29.2 Å². The number of amides is 1. The molecule has 1 aromatic carbocycles. The molecule has 0 spiro atoms. The van der Waals surface area contributed by atoms with Gasteiger partial charge in [0.15, 0.2) is 0 Å². The molecule has 2 fully saturated rings. The van der Waals surface area contributed by atoms with E-state index in [0.717, 1.165) is 38.0 Å². The first-order chi connectivity index (χ1) is 13.5. The Balaban J connectivity index is 1.85. The van der Waals surface area contributed by atoms with Gasteiger partial charge in [-0.15, -0.1) is 0 Å². The van der Waals surface area contributed by atoms with Gasteiger partial charge in [0.25, 0.3) is 0 Å². The summed E-state index contributed by atoms with van der Waals surface area (Å²) in [5.74, 6) is -1.39. The summed E-state index contributed by atoms with van der Waals surface area (Å²) in [6.07, 6.45) is 2.09. The number of carboxylic acids is 1. The molecule has 0 bridgehead atoms. The number of morpholine rings is 1. The average Bonchev–Trinajstić information content (AvgIpc) is 2.69. The molecule has 0 aliphatic carbocycles. The highest BCUT2D eigenvalue weighted by molar-refractivity contribution is 6.30. The number of carbonyl (C=O) groups excluding carboxylic acids is 1. The topological polar surface area (TPSA) is 70.1 Å². The number of rotatable bonds is 7. The number of hydrogen-bond donors (Lipinski definition) is 1. The van der Waals surface area contributed by atoms with Crippen molar-refractivity contribution in [3.63, 3.8) is 0 Å². The monoisotopic (exact) mass is 408 g/mol. The number of piperidine rings is 1. The second-order valence-corrected chi connectivity index (χ2v) is 8.10. The van der Waals surface area contributed by atoms with Crippen LogP contribution >= 0.6 is 11.6 Å². The molecular weight excluding hydrogens is 380 g/mol. The Morgan fingerprint density at radius 3 is 2.54 bits per heavy atom. The Labute approximate surface area is 171 Å². The maximum Gasteiger partial charge on any atom is 0.304 e. The Morgan fingerprint density at radius 1 is 1.25 bits per heavy atom. The zero-order chi connectivity index (χ0) is 20.1. The van der Waals surface area contributed by atoms with Gasteiger partial charge in [0.05, 0.1) is 25.7 Å². The van der Waals surface area contributed by atoms with Gasteiger partial charge in [-0.05, 0) is 37.0 Å². The molecule has 2 heterocycles. The Morgan fingerprint density at radius 2 is 1.93 bits per heavy atom. The number of aliphatic carboxylic acids is 1. The highest BCUT2D eigenvalue weighted by Gasteiger charge is 2.40. The summed E-state index contributed by atoms with van der Waals surface area (Å²) < 4.78 is 5.44. The second-order valence-electron chi connectivity index (χ2n) is 7.66. The predicted octanol–water partition coefficient (Wildman–Crippen LogP) is 3.21. The van der Waals surface area contributed by atoms with Crippen LogP contribution < -0.4 is 0 Å². The fourth-order valence-corrected chi connectivity index (χ4v) is 4.45. The molecule has 3 rings (SSSR count). The van der Waals surface area contributed by atoms with E-state index >= 15 is 0 Å². The van der Waals surface area contributed by atoms with E-state index in [1.54, 1.807) is 0 Å². The number of carbonyl (C=O) groups is 2. The van der Waals surface area contributed by atoms with Crippen molar-refractivity contribution in [1.82, 2.24) is 9.80 Å². The lowest BCUT2D eigenvalue weighted by Gasteiger charge is -2.45. The van der Waals surface area contributed by atoms with Crippen molar-refractivity contribution in [2.75, 3.05) is 32.8 Å². The zero-order valence-corrected chi connectivity index (χ0v) is 17.1. The van der Waals surface area contributed by atoms with Crippen LogP contribution in [-0.2, 0) is 14.3 Å². The van der Waals surface area contributed by atoms with Crippen LogP contribution in [0.3, 0.4) is 0 Å². The minimum atomic E-state index is -0.913. The summed E-state index contributed by atoms with van der Waals surface area (Å²) in [6, 6.07) is 7.67. The molecule has 1 amide bonds. The summed E-state index contributed by atoms with van der Waals surface area (Å²) in [5, 5.41) is 9.90. The smallest absolute Gasteiger partial charge is 0.304 e. The van der Waals surface area contributed by atoms with Crippen molar-refractivity contribution < 1.29 is 19.4 Å². The first-order valence-electron chi connectivity index (χ1n) is 10.1. The summed E-state index contributed by atoms with van der Waals surface area (Å²) in [5.41, 5.74) is 1.06. The van der Waals surface area contributed by atoms with E-state index in [1.165, 1.54) is 0 Å². The van der Waals surface area contributed by atoms with Crippen LogP contribution in [0.5, 0.6) is 0 Å². The minimum Gasteiger partial charge on any atom is -0.481 e. The molecule has 6 nitrogen and oxygen atoms in total. The van der Waals surface area contributed by atoms with Gasteiger partial charge in [-0.1, -0.05) is 30.7 Å². The quantitative estimate of drug-likeness (QED) is 0.750. The van der Waals surface area contributed by atoms with Gasteiger partial charge in [0.2, 0.25) is 5.91 Å². The predicted molar refractivity (Wildman–Crippen MR) is 107 cm³/mol. The maximum atomic E-state index is 13.3. The lowest BCUT2D eigenvalue weighted by atomic mass is 9.85. The fraction of sp³-hybridized carbons (Fsp3) is 0.619. The van der Waals surface area contributed by atoms with E-state index in [-0.39, 0.29) is 24.4 Å². The molecule has 2 saturated heterocycles. The Kier molecular flexibility index (Phi) is 7.32. The van der Waals surface area contributed by atoms with Gasteiger partial charge >= 0.3 is 5.97 Å². The van der Waals surface area contributed by atoms with Gasteiger partial charge in [0.1, 0.15) is 0 Å². The van der Waals surface area contributed by atoms with Crippen molar-refractivity contribution in [3.8, 4) is 0 Å². The van der Waals surface area contributed by atoms with Crippen LogP contribution in [0.4, 0.5) is 0 Å². The molecule has 28 heavy (non-hydrogen) atoms. The van der Waals surface area contributed by atoms with Crippen molar-refractivity contribution >= 4 is 23.5 Å². The molecule has 2 aliphatic rings. The normalized spacial score (nSPS) is 24.9. The highest BCUT2D eigenvalue weighted by atomic mass is 35.5. The van der Waals surface area contributed by atoms with Crippen molar-refractivity contribution in [2.24, 2.45) is 5.92 Å². The number of carboxylic acid groups (broad SMARTS) is 1. The third kappa shape index (κ3) is 5.04. The van der Waals surface area contributed by atoms with Crippen molar-refractivity contribution in [1.29, 1.82) is 0 Å². The van der Waals surface area contributed by atoms with E-state index in [4.69, 9.17) is 16.3 Å². The number of halogens is 1. The van der Waals surface area contributed by atoms with Crippen LogP contribution in [-0.4, -0.2) is 65.7 Å². The van der Waals surface area contributed by atoms with Crippen LogP contribution in [0.15, 0.2) is 24.3 Å². The molecule has 154 valence electrons. The summed E-state index contributed by atoms with van der Waals surface area (Å²) in [7, 11) is 0. The van der Waals surface area contributed by atoms with E-state index in [2.05, 4.69) is 11.8 Å². The molecule has 0 aromatic heterocycles. The lowest BCUT2D eigenvalue weighted by Crippen LogP contribution is -2.54. The SMILES string of the molecule is CCC(CN1CCOCC1)N1C(=O)[C@@H](CC(=O)O)CCC1c1ccc(Cl)cc1. The summed E-state index contributed by atoms with van der Waals surface area (Å²) in [4.78, 5) is 28.9. The van der Waals surface area contributed by atoms with Crippen LogP contribution in [0.25, 0.3) is 0 Å². The molecule has 1 N–H and O–H groups in total. The summed E-state index contributed by atoms with van der Waals surface area (Å²) in [6.45, 7) is 6.04. The average molecular weight is 409 g/mol. The molecule has 1 aromatic rings. The Bertz CT molecular complexity index is 675. The van der Waals surface area contributed by atoms with E-state index in [9.17, 15) is 14.7 Å². The lowest BCUT2D eigenvalue weighted by molar-refractivity contribution is -0.152. The summed E-state index contributed by atoms with van der Waals surface area (Å²) >= 11 is 6.05. The molecule has 0 saturated carbocycles. The first kappa shape index (κ1) is 21.1. The fourth-order valence-electron chi connectivity index (χ4n) is 4.33. The molecule has 0 radical (unpaired) electrons. The van der Waals surface area contributed by atoms with Crippen LogP contribution in [0.1, 0.15) is 44.2 Å². The van der Waals surface area contributed by atoms with Gasteiger partial charge in [-0.25, -0.2) is 0 Å². The highest BCUT2D eigenvalue weighted by Crippen LogP contribution is 2.38. The molecule has 2 unspecified atom stereocenters. The van der Waals surface area contributed by atoms with E-state index < -0.39 is 11.9 Å². The van der Waals surface area contributed by atoms with Gasteiger partial charge in [0, 0.05) is 36.6 Å². The number of hydrogen-bond acceptors (Lipinski definition) is 4. The number of nitrogens with zero attached hydrogens (tertiary/aromatic N) is 2.